The monoisotopic (exact) mass is 425 g/mol. The molecule has 0 aliphatic carbocycles. The number of ether oxygens (including phenoxy) is 1. The van der Waals surface area contributed by atoms with E-state index in [4.69, 9.17) is 4.74 Å². The molecule has 0 saturated carbocycles. The Morgan fingerprint density at radius 1 is 1.26 bits per heavy atom. The van der Waals surface area contributed by atoms with Gasteiger partial charge in [0.25, 0.3) is 5.56 Å². The molecule has 2 aliphatic rings. The van der Waals surface area contributed by atoms with Crippen molar-refractivity contribution in [3.05, 3.63) is 52.4 Å². The number of nitrogens with zero attached hydrogens (tertiary/aromatic N) is 2. The molecule has 0 unspecified atom stereocenters. The molecule has 1 aromatic carbocycles. The fourth-order valence-corrected chi connectivity index (χ4v) is 5.39. The molecule has 7 heteroatoms. The summed E-state index contributed by atoms with van der Waals surface area (Å²) >= 11 is 0. The number of aromatic nitrogens is 1. The van der Waals surface area contributed by atoms with Crippen LogP contribution in [-0.4, -0.2) is 53.3 Å². The second-order valence-electron chi connectivity index (χ2n) is 8.34. The minimum absolute atomic E-state index is 0.0479. The van der Waals surface area contributed by atoms with E-state index in [9.17, 15) is 14.7 Å². The van der Waals surface area contributed by atoms with E-state index < -0.39 is 0 Å². The maximum Gasteiger partial charge on any atom is 0.258 e. The van der Waals surface area contributed by atoms with Crippen LogP contribution >= 0.6 is 0 Å². The molecule has 2 N–H and O–H groups in total. The Labute approximate surface area is 182 Å². The minimum atomic E-state index is -0.377. The van der Waals surface area contributed by atoms with E-state index in [0.717, 1.165) is 24.2 Å². The van der Waals surface area contributed by atoms with Gasteiger partial charge in [0.2, 0.25) is 5.91 Å². The van der Waals surface area contributed by atoms with Crippen LogP contribution in [0.4, 0.5) is 0 Å². The number of aliphatic hydroxyl groups is 1. The predicted octanol–water partition coefficient (Wildman–Crippen LogP) is 2.03. The highest BCUT2D eigenvalue weighted by Gasteiger charge is 2.55. The Kier molecular flexibility index (Phi) is 6.16. The Bertz CT molecular complexity index is 1020. The van der Waals surface area contributed by atoms with Crippen molar-refractivity contribution in [3.63, 3.8) is 0 Å². The number of fused-ring (bicyclic) bond motifs is 4. The summed E-state index contributed by atoms with van der Waals surface area (Å²) in [6, 6.07) is 11.1. The predicted molar refractivity (Wildman–Crippen MR) is 119 cm³/mol. The smallest absolute Gasteiger partial charge is 0.258 e. The van der Waals surface area contributed by atoms with Gasteiger partial charge in [-0.15, -0.1) is 0 Å². The summed E-state index contributed by atoms with van der Waals surface area (Å²) in [6.45, 7) is 5.78. The van der Waals surface area contributed by atoms with Gasteiger partial charge in [0, 0.05) is 42.9 Å². The molecule has 1 aromatic heterocycles. The van der Waals surface area contributed by atoms with Crippen LogP contribution in [0, 0.1) is 11.8 Å². The number of pyridine rings is 1. The van der Waals surface area contributed by atoms with Crippen molar-refractivity contribution < 1.29 is 14.6 Å². The Hall–Kier alpha value is -2.64. The van der Waals surface area contributed by atoms with Gasteiger partial charge in [0.1, 0.15) is 5.75 Å². The zero-order chi connectivity index (χ0) is 22.1. The molecule has 0 spiro atoms. The minimum Gasteiger partial charge on any atom is -0.497 e. The van der Waals surface area contributed by atoms with Crippen LogP contribution in [0.1, 0.15) is 32.0 Å². The van der Waals surface area contributed by atoms with Crippen LogP contribution in [-0.2, 0) is 11.3 Å². The van der Waals surface area contributed by atoms with E-state index in [-0.39, 0.29) is 42.0 Å². The molecule has 3 heterocycles. The van der Waals surface area contributed by atoms with Crippen LogP contribution < -0.4 is 15.6 Å². The lowest BCUT2D eigenvalue weighted by Crippen LogP contribution is -2.46. The van der Waals surface area contributed by atoms with Crippen LogP contribution in [0.2, 0.25) is 0 Å². The number of carbonyl (C=O) groups is 1. The van der Waals surface area contributed by atoms with Gasteiger partial charge in [0.05, 0.1) is 19.1 Å². The highest BCUT2D eigenvalue weighted by Crippen LogP contribution is 2.48. The molecule has 2 bridgehead atoms. The first-order chi connectivity index (χ1) is 15.0. The highest BCUT2D eigenvalue weighted by molar-refractivity contribution is 5.80. The van der Waals surface area contributed by atoms with Crippen molar-refractivity contribution in [1.82, 2.24) is 14.8 Å². The number of carbonyl (C=O) groups excluding carboxylic acids is 1. The first kappa shape index (κ1) is 21.6. The van der Waals surface area contributed by atoms with Crippen molar-refractivity contribution in [1.29, 1.82) is 0 Å². The Morgan fingerprint density at radius 2 is 2.06 bits per heavy atom. The molecule has 1 fully saturated rings. The molecule has 7 nitrogen and oxygen atoms in total. The molecular weight excluding hydrogens is 394 g/mol. The summed E-state index contributed by atoms with van der Waals surface area (Å²) in [5, 5.41) is 13.2. The third-order valence-corrected chi connectivity index (χ3v) is 6.69. The SMILES string of the molecule is CCCN1[C@@H]2Cn3c(ccc(-c4cccc(OC)c4)c3=O)[C@H]1[C@@H](C(=O)NCC)[C@@H]2CO. The second kappa shape index (κ2) is 8.85. The molecule has 1 saturated heterocycles. The molecule has 4 atom stereocenters. The zero-order valence-corrected chi connectivity index (χ0v) is 18.4. The Morgan fingerprint density at radius 3 is 2.74 bits per heavy atom. The van der Waals surface area contributed by atoms with Gasteiger partial charge < -0.3 is 19.7 Å². The number of aliphatic hydroxyl groups excluding tert-OH is 1. The van der Waals surface area contributed by atoms with Crippen LogP contribution in [0.3, 0.4) is 0 Å². The topological polar surface area (TPSA) is 83.8 Å². The van der Waals surface area contributed by atoms with Crippen LogP contribution in [0.15, 0.2) is 41.2 Å². The summed E-state index contributed by atoms with van der Waals surface area (Å²) in [7, 11) is 1.61. The number of rotatable bonds is 7. The number of hydrogen-bond donors (Lipinski definition) is 2. The fraction of sp³-hybridized carbons (Fsp3) is 0.500. The largest absolute Gasteiger partial charge is 0.497 e. The lowest BCUT2D eigenvalue weighted by atomic mass is 9.86. The summed E-state index contributed by atoms with van der Waals surface area (Å²) in [6.07, 6.45) is 0.944. The van der Waals surface area contributed by atoms with Crippen LogP contribution in [0.5, 0.6) is 5.75 Å². The molecule has 2 aliphatic heterocycles. The van der Waals surface area contributed by atoms with Gasteiger partial charge in [-0.3, -0.25) is 14.5 Å². The number of benzene rings is 1. The standard InChI is InChI=1S/C24H31N3O4/c1-4-11-26-20-13-27-19(22(26)21(18(20)14-28)23(29)25-5-2)10-9-17(24(27)30)15-7-6-8-16(12-15)31-3/h6-10,12,18,20-22,28H,4-5,11,13-14H2,1-3H3,(H,25,29)/t18-,20-,21+,22+/m1/s1. The van der Waals surface area contributed by atoms with Crippen LogP contribution in [0.25, 0.3) is 11.1 Å². The third-order valence-electron chi connectivity index (χ3n) is 6.69. The lowest BCUT2D eigenvalue weighted by Gasteiger charge is -2.38. The maximum atomic E-state index is 13.5. The normalized spacial score (nSPS) is 24.6. The maximum absolute atomic E-state index is 13.5. The molecule has 0 radical (unpaired) electrons. The van der Waals surface area contributed by atoms with E-state index in [1.807, 2.05) is 47.9 Å². The van der Waals surface area contributed by atoms with E-state index in [1.165, 1.54) is 0 Å². The van der Waals surface area contributed by atoms with Gasteiger partial charge in [-0.1, -0.05) is 19.1 Å². The third kappa shape index (κ3) is 3.55. The molecular formula is C24H31N3O4. The molecule has 31 heavy (non-hydrogen) atoms. The highest BCUT2D eigenvalue weighted by atomic mass is 16.5. The van der Waals surface area contributed by atoms with Gasteiger partial charge in [-0.25, -0.2) is 0 Å². The van der Waals surface area contributed by atoms with Crippen molar-refractivity contribution >= 4 is 5.91 Å². The van der Waals surface area contributed by atoms with E-state index in [2.05, 4.69) is 17.1 Å². The number of methoxy groups -OCH3 is 1. The summed E-state index contributed by atoms with van der Waals surface area (Å²) in [4.78, 5) is 28.9. The summed E-state index contributed by atoms with van der Waals surface area (Å²) < 4.78 is 7.14. The van der Waals surface area contributed by atoms with E-state index in [1.54, 1.807) is 7.11 Å². The second-order valence-corrected chi connectivity index (χ2v) is 8.34. The molecule has 166 valence electrons. The van der Waals surface area contributed by atoms with Gasteiger partial charge >= 0.3 is 0 Å². The van der Waals surface area contributed by atoms with Gasteiger partial charge in [-0.05, 0) is 49.7 Å². The first-order valence-corrected chi connectivity index (χ1v) is 11.1. The molecule has 4 rings (SSSR count). The van der Waals surface area contributed by atoms with Gasteiger partial charge in [0.15, 0.2) is 0 Å². The van der Waals surface area contributed by atoms with Crippen molar-refractivity contribution in [2.45, 2.75) is 38.9 Å². The van der Waals surface area contributed by atoms with Crippen molar-refractivity contribution in [2.24, 2.45) is 11.8 Å². The molecule has 1 amide bonds. The average molecular weight is 426 g/mol. The number of nitrogens with one attached hydrogen (secondary N) is 1. The van der Waals surface area contributed by atoms with E-state index in [0.29, 0.717) is 24.4 Å². The lowest BCUT2D eigenvalue weighted by molar-refractivity contribution is -0.127. The van der Waals surface area contributed by atoms with Gasteiger partial charge in [-0.2, -0.15) is 0 Å². The first-order valence-electron chi connectivity index (χ1n) is 11.1. The Balaban J connectivity index is 1.83. The fourth-order valence-electron chi connectivity index (χ4n) is 5.39. The van der Waals surface area contributed by atoms with E-state index >= 15 is 0 Å². The van der Waals surface area contributed by atoms with Crippen molar-refractivity contribution in [2.75, 3.05) is 26.8 Å². The van der Waals surface area contributed by atoms with Crippen molar-refractivity contribution in [3.8, 4) is 16.9 Å². The zero-order valence-electron chi connectivity index (χ0n) is 18.4. The quantitative estimate of drug-likeness (QED) is 0.709. The number of hydrogen-bond acceptors (Lipinski definition) is 5. The average Bonchev–Trinajstić information content (AvgIpc) is 2.99. The summed E-state index contributed by atoms with van der Waals surface area (Å²) in [5.74, 6) is 0.0679. The molecule has 2 aromatic rings. The number of amides is 1. The summed E-state index contributed by atoms with van der Waals surface area (Å²) in [5.41, 5.74) is 2.21.